The highest BCUT2D eigenvalue weighted by Crippen LogP contribution is 2.19. The number of carbonyl (C=O) groups is 2. The lowest BCUT2D eigenvalue weighted by molar-refractivity contribution is -0.143. The van der Waals surface area contributed by atoms with E-state index in [1.165, 1.54) is 18.2 Å². The Balaban J connectivity index is 2.87. The number of esters is 2. The van der Waals surface area contributed by atoms with E-state index in [2.05, 4.69) is 4.99 Å². The third-order valence-electron chi connectivity index (χ3n) is 2.55. The summed E-state index contributed by atoms with van der Waals surface area (Å²) in [5.74, 6) is -2.30. The highest BCUT2D eigenvalue weighted by atomic mass is 16.5. The van der Waals surface area contributed by atoms with Crippen LogP contribution in [0.1, 0.15) is 19.6 Å². The summed E-state index contributed by atoms with van der Waals surface area (Å²) < 4.78 is 14.7. The lowest BCUT2D eigenvalue weighted by Crippen LogP contribution is -2.17. The number of carbonyl (C=O) groups excluding carboxylic acids is 2. The highest BCUT2D eigenvalue weighted by molar-refractivity contribution is 5.97. The van der Waals surface area contributed by atoms with Crippen LogP contribution in [0.3, 0.4) is 0 Å². The van der Waals surface area contributed by atoms with Gasteiger partial charge in [0.15, 0.2) is 5.92 Å². The largest absolute Gasteiger partial charge is 0.465 e. The van der Waals surface area contributed by atoms with Gasteiger partial charge in [0.05, 0.1) is 19.3 Å². The molecule has 0 aliphatic heterocycles. The van der Waals surface area contributed by atoms with E-state index in [-0.39, 0.29) is 30.4 Å². The van der Waals surface area contributed by atoms with Crippen LogP contribution in [0, 0.1) is 28.6 Å². The summed E-state index contributed by atoms with van der Waals surface area (Å²) in [6, 6.07) is 6.41. The predicted molar refractivity (Wildman–Crippen MR) is 82.8 cm³/mol. The Hall–Kier alpha value is -3.39. The standard InChI is InChI=1S/C16H15N3O5/c1-3-22-15(20)11(8-17)7-13-5-6-14(24-13)19-10-12(9-18)16(21)23-4-2/h5-7,10,12H,3-4H2,1-2H3. The molecule has 1 heterocycles. The van der Waals surface area contributed by atoms with Gasteiger partial charge in [0.25, 0.3) is 0 Å². The molecule has 1 rings (SSSR count). The van der Waals surface area contributed by atoms with Gasteiger partial charge in [0.1, 0.15) is 17.4 Å². The van der Waals surface area contributed by atoms with Gasteiger partial charge in [-0.3, -0.25) is 4.79 Å². The van der Waals surface area contributed by atoms with E-state index in [9.17, 15) is 9.59 Å². The SMILES string of the molecule is CCOC(=O)C(C#N)=Cc1ccc(N=CC(C#N)C(=O)OCC)o1. The minimum absolute atomic E-state index is 0.104. The van der Waals surface area contributed by atoms with Crippen molar-refractivity contribution in [2.45, 2.75) is 13.8 Å². The maximum atomic E-state index is 11.5. The molecular weight excluding hydrogens is 314 g/mol. The molecule has 0 saturated carbocycles. The second kappa shape index (κ2) is 9.59. The van der Waals surface area contributed by atoms with Gasteiger partial charge in [0, 0.05) is 18.4 Å². The monoisotopic (exact) mass is 329 g/mol. The summed E-state index contributed by atoms with van der Waals surface area (Å²) in [5, 5.41) is 17.8. The Labute approximate surface area is 138 Å². The fraction of sp³-hybridized carbons (Fsp3) is 0.312. The van der Waals surface area contributed by atoms with Crippen molar-refractivity contribution in [1.29, 1.82) is 10.5 Å². The van der Waals surface area contributed by atoms with Crippen molar-refractivity contribution in [2.24, 2.45) is 10.9 Å². The van der Waals surface area contributed by atoms with E-state index in [0.717, 1.165) is 6.21 Å². The zero-order valence-electron chi connectivity index (χ0n) is 13.2. The molecule has 0 aliphatic rings. The number of hydrogen-bond acceptors (Lipinski definition) is 8. The summed E-state index contributed by atoms with van der Waals surface area (Å²) in [4.78, 5) is 26.8. The van der Waals surface area contributed by atoms with Crippen molar-refractivity contribution in [3.05, 3.63) is 23.5 Å². The van der Waals surface area contributed by atoms with Gasteiger partial charge in [-0.1, -0.05) is 0 Å². The van der Waals surface area contributed by atoms with Crippen molar-refractivity contribution in [1.82, 2.24) is 0 Å². The molecule has 0 N–H and O–H groups in total. The number of aliphatic imine (C=N–C) groups is 1. The van der Waals surface area contributed by atoms with Gasteiger partial charge in [-0.2, -0.15) is 10.5 Å². The van der Waals surface area contributed by atoms with Gasteiger partial charge >= 0.3 is 11.9 Å². The van der Waals surface area contributed by atoms with E-state index >= 15 is 0 Å². The Morgan fingerprint density at radius 3 is 2.58 bits per heavy atom. The normalized spacial score (nSPS) is 12.2. The van der Waals surface area contributed by atoms with Gasteiger partial charge in [-0.25, -0.2) is 9.79 Å². The predicted octanol–water partition coefficient (Wildman–Crippen LogP) is 2.15. The van der Waals surface area contributed by atoms with Crippen LogP contribution in [0.15, 0.2) is 27.1 Å². The molecular formula is C16H15N3O5. The fourth-order valence-corrected chi connectivity index (χ4v) is 1.50. The average Bonchev–Trinajstić information content (AvgIpc) is 3.01. The van der Waals surface area contributed by atoms with Gasteiger partial charge in [0.2, 0.25) is 5.88 Å². The zero-order chi connectivity index (χ0) is 17.9. The smallest absolute Gasteiger partial charge is 0.349 e. The van der Waals surface area contributed by atoms with E-state index in [4.69, 9.17) is 24.4 Å². The number of rotatable bonds is 7. The molecule has 1 atom stereocenters. The molecule has 124 valence electrons. The van der Waals surface area contributed by atoms with Crippen molar-refractivity contribution in [2.75, 3.05) is 13.2 Å². The number of ether oxygens (including phenoxy) is 2. The average molecular weight is 329 g/mol. The molecule has 0 saturated heterocycles. The third-order valence-corrected chi connectivity index (χ3v) is 2.55. The maximum Gasteiger partial charge on any atom is 0.349 e. The van der Waals surface area contributed by atoms with Crippen LogP contribution in [-0.2, 0) is 19.1 Å². The summed E-state index contributed by atoms with van der Waals surface area (Å²) in [6.45, 7) is 3.56. The number of nitriles is 2. The van der Waals surface area contributed by atoms with Gasteiger partial charge in [-0.15, -0.1) is 0 Å². The molecule has 0 aliphatic carbocycles. The van der Waals surface area contributed by atoms with Crippen molar-refractivity contribution in [3.8, 4) is 12.1 Å². The molecule has 0 fully saturated rings. The van der Waals surface area contributed by atoms with Crippen LogP contribution in [-0.4, -0.2) is 31.4 Å². The molecule has 0 aromatic carbocycles. The molecule has 24 heavy (non-hydrogen) atoms. The van der Waals surface area contributed by atoms with Crippen LogP contribution in [0.5, 0.6) is 0 Å². The Morgan fingerprint density at radius 2 is 2.00 bits per heavy atom. The molecule has 0 bridgehead atoms. The molecule has 0 radical (unpaired) electrons. The molecule has 8 nitrogen and oxygen atoms in total. The first kappa shape index (κ1) is 18.7. The van der Waals surface area contributed by atoms with Crippen LogP contribution in [0.2, 0.25) is 0 Å². The van der Waals surface area contributed by atoms with Crippen molar-refractivity contribution >= 4 is 30.1 Å². The third kappa shape index (κ3) is 5.43. The summed E-state index contributed by atoms with van der Waals surface area (Å²) >= 11 is 0. The van der Waals surface area contributed by atoms with Crippen molar-refractivity contribution < 1.29 is 23.5 Å². The lowest BCUT2D eigenvalue weighted by Gasteiger charge is -2.01. The summed E-state index contributed by atoms with van der Waals surface area (Å²) in [7, 11) is 0. The minimum atomic E-state index is -1.15. The van der Waals surface area contributed by atoms with E-state index in [1.54, 1.807) is 26.0 Å². The van der Waals surface area contributed by atoms with Crippen LogP contribution >= 0.6 is 0 Å². The maximum absolute atomic E-state index is 11.5. The first-order valence-electron chi connectivity index (χ1n) is 7.04. The van der Waals surface area contributed by atoms with Gasteiger partial charge in [-0.05, 0) is 19.9 Å². The number of nitrogens with zero attached hydrogens (tertiary/aromatic N) is 3. The molecule has 0 amide bonds. The topological polar surface area (TPSA) is 126 Å². The Bertz CT molecular complexity index is 734. The second-order valence-electron chi connectivity index (χ2n) is 4.20. The Kier molecular flexibility index (Phi) is 7.46. The molecule has 1 aromatic heterocycles. The van der Waals surface area contributed by atoms with Gasteiger partial charge < -0.3 is 13.9 Å². The van der Waals surface area contributed by atoms with E-state index < -0.39 is 17.9 Å². The summed E-state index contributed by atoms with van der Waals surface area (Å²) in [5.41, 5.74) is -0.219. The minimum Gasteiger partial charge on any atom is -0.465 e. The van der Waals surface area contributed by atoms with E-state index in [1.807, 2.05) is 0 Å². The first-order chi connectivity index (χ1) is 11.5. The van der Waals surface area contributed by atoms with Crippen LogP contribution < -0.4 is 0 Å². The van der Waals surface area contributed by atoms with Crippen LogP contribution in [0.4, 0.5) is 5.88 Å². The summed E-state index contributed by atoms with van der Waals surface area (Å²) in [6.07, 6.45) is 2.31. The fourth-order valence-electron chi connectivity index (χ4n) is 1.50. The molecule has 1 aromatic rings. The first-order valence-corrected chi connectivity index (χ1v) is 7.04. The number of furan rings is 1. The second-order valence-corrected chi connectivity index (χ2v) is 4.20. The van der Waals surface area contributed by atoms with Crippen LogP contribution in [0.25, 0.3) is 6.08 Å². The lowest BCUT2D eigenvalue weighted by atomic mass is 10.2. The number of hydrogen-bond donors (Lipinski definition) is 0. The van der Waals surface area contributed by atoms with E-state index in [0.29, 0.717) is 0 Å². The molecule has 1 unspecified atom stereocenters. The quantitative estimate of drug-likeness (QED) is 0.324. The van der Waals surface area contributed by atoms with Crippen molar-refractivity contribution in [3.63, 3.8) is 0 Å². The zero-order valence-corrected chi connectivity index (χ0v) is 13.2. The highest BCUT2D eigenvalue weighted by Gasteiger charge is 2.16. The molecule has 8 heteroatoms. The Morgan fingerprint density at radius 1 is 1.29 bits per heavy atom. The molecule has 0 spiro atoms.